The van der Waals surface area contributed by atoms with Gasteiger partial charge in [0.25, 0.3) is 0 Å². The fraction of sp³-hybridized carbons (Fsp3) is 0.793. The normalized spacial score (nSPS) is 13.8. The third-order valence-electron chi connectivity index (χ3n) is 7.19. The highest BCUT2D eigenvalue weighted by molar-refractivity contribution is 7.90. The van der Waals surface area contributed by atoms with Crippen LogP contribution in [0.3, 0.4) is 0 Å². The van der Waals surface area contributed by atoms with E-state index in [-0.39, 0.29) is 23.5 Å². The molecule has 2 unspecified atom stereocenters. The lowest BCUT2D eigenvalue weighted by Gasteiger charge is -2.23. The highest BCUT2D eigenvalue weighted by Crippen LogP contribution is 2.25. The maximum absolute atomic E-state index is 13.5. The fourth-order valence-electron chi connectivity index (χ4n) is 4.66. The summed E-state index contributed by atoms with van der Waals surface area (Å²) in [6, 6.07) is 0.569. The third-order valence-corrected chi connectivity index (χ3v) is 8.17. The zero-order valence-corrected chi connectivity index (χ0v) is 26.3. The summed E-state index contributed by atoms with van der Waals surface area (Å²) in [6.45, 7) is 10.6. The van der Waals surface area contributed by atoms with E-state index in [1.807, 2.05) is 10.6 Å². The van der Waals surface area contributed by atoms with Gasteiger partial charge in [-0.3, -0.25) is 14.7 Å². The summed E-state index contributed by atoms with van der Waals surface area (Å²) in [5, 5.41) is 17.9. The van der Waals surface area contributed by atoms with Crippen LogP contribution >= 0.6 is 0 Å². The van der Waals surface area contributed by atoms with Gasteiger partial charge in [-0.15, -0.1) is 10.2 Å². The Hall–Kier alpha value is -2.43. The Morgan fingerprint density at radius 2 is 1.55 bits per heavy atom. The molecule has 0 saturated carbocycles. The summed E-state index contributed by atoms with van der Waals surface area (Å²) in [7, 11) is -3.31. The van der Waals surface area contributed by atoms with E-state index in [0.717, 1.165) is 50.5 Å². The molecule has 0 saturated heterocycles. The van der Waals surface area contributed by atoms with Crippen molar-refractivity contribution in [2.75, 3.05) is 12.0 Å². The number of unbranched alkanes of at least 4 members (excludes halogenated alkanes) is 8. The molecule has 2 heterocycles. The number of carbonyl (C=O) groups is 2. The van der Waals surface area contributed by atoms with Gasteiger partial charge in [0.05, 0.1) is 11.8 Å². The molecule has 0 aromatic carbocycles. The first-order valence-electron chi connectivity index (χ1n) is 15.1. The molecule has 10 nitrogen and oxygen atoms in total. The Morgan fingerprint density at radius 1 is 0.925 bits per heavy atom. The number of nitrogens with zero attached hydrogens (tertiary/aromatic N) is 3. The van der Waals surface area contributed by atoms with Crippen molar-refractivity contribution in [1.29, 1.82) is 0 Å². The van der Waals surface area contributed by atoms with E-state index < -0.39 is 27.8 Å². The van der Waals surface area contributed by atoms with E-state index in [2.05, 4.69) is 60.5 Å². The Bertz CT molecular complexity index is 1170. The van der Waals surface area contributed by atoms with Crippen LogP contribution in [-0.4, -0.2) is 58.1 Å². The Labute approximate surface area is 240 Å². The lowest BCUT2D eigenvalue weighted by molar-refractivity contribution is -0.129. The molecule has 0 aliphatic carbocycles. The van der Waals surface area contributed by atoms with Crippen LogP contribution in [0, 0.1) is 0 Å². The summed E-state index contributed by atoms with van der Waals surface area (Å²) < 4.78 is 25.6. The van der Waals surface area contributed by atoms with Gasteiger partial charge in [0, 0.05) is 29.9 Å². The standard InChI is InChI=1S/C29H52N6O4S/c1-7-9-11-12-13-14-16-18-26(36)30-23(19-20-40(6,38)39)28(37)31-22(17-15-10-8-2)27-33-32-25-21-24(29(3,4)5)34-35(25)27/h21-23,34H,7-20H2,1-6H3,(H,30,36)(H,31,37). The van der Waals surface area contributed by atoms with Gasteiger partial charge in [-0.1, -0.05) is 92.4 Å². The molecule has 0 spiro atoms. The quantitative estimate of drug-likeness (QED) is 0.196. The summed E-state index contributed by atoms with van der Waals surface area (Å²) >= 11 is 0. The molecule has 3 N–H and O–H groups in total. The minimum Gasteiger partial charge on any atom is -0.344 e. The van der Waals surface area contributed by atoms with Crippen LogP contribution in [0.25, 0.3) is 5.65 Å². The maximum Gasteiger partial charge on any atom is 0.243 e. The van der Waals surface area contributed by atoms with E-state index >= 15 is 0 Å². The lowest BCUT2D eigenvalue weighted by Crippen LogP contribution is -2.48. The fourth-order valence-corrected chi connectivity index (χ4v) is 5.32. The first-order valence-corrected chi connectivity index (χ1v) is 17.1. The molecule has 0 bridgehead atoms. The third kappa shape index (κ3) is 11.6. The van der Waals surface area contributed by atoms with Crippen molar-refractivity contribution in [3.63, 3.8) is 0 Å². The molecule has 2 aromatic heterocycles. The van der Waals surface area contributed by atoms with Crippen LogP contribution in [0.4, 0.5) is 0 Å². The number of carbonyl (C=O) groups excluding carboxylic acids is 2. The zero-order chi connectivity index (χ0) is 29.8. The van der Waals surface area contributed by atoms with E-state index in [4.69, 9.17) is 0 Å². The molecule has 11 heteroatoms. The van der Waals surface area contributed by atoms with Crippen LogP contribution < -0.4 is 10.6 Å². The minimum absolute atomic E-state index is 0.0149. The zero-order valence-electron chi connectivity index (χ0n) is 25.5. The second-order valence-corrected chi connectivity index (χ2v) is 14.4. The van der Waals surface area contributed by atoms with Gasteiger partial charge >= 0.3 is 0 Å². The van der Waals surface area contributed by atoms with Gasteiger partial charge < -0.3 is 10.6 Å². The average Bonchev–Trinajstić information content (AvgIpc) is 3.46. The number of sulfone groups is 1. The van der Waals surface area contributed by atoms with Crippen molar-refractivity contribution < 1.29 is 18.0 Å². The number of aromatic amines is 1. The van der Waals surface area contributed by atoms with Crippen LogP contribution in [0.15, 0.2) is 6.07 Å². The number of amides is 2. The van der Waals surface area contributed by atoms with Crippen LogP contribution in [0.2, 0.25) is 0 Å². The minimum atomic E-state index is -3.31. The van der Waals surface area contributed by atoms with Crippen molar-refractivity contribution in [3.8, 4) is 0 Å². The van der Waals surface area contributed by atoms with Crippen molar-refractivity contribution in [2.45, 2.75) is 136 Å². The highest BCUT2D eigenvalue weighted by atomic mass is 32.2. The topological polar surface area (TPSA) is 138 Å². The van der Waals surface area contributed by atoms with Crippen LogP contribution in [0.1, 0.15) is 136 Å². The summed E-state index contributed by atoms with van der Waals surface area (Å²) in [5.41, 5.74) is 1.56. The maximum atomic E-state index is 13.5. The number of aromatic nitrogens is 4. The van der Waals surface area contributed by atoms with Gasteiger partial charge in [0.1, 0.15) is 15.9 Å². The molecule has 228 valence electrons. The summed E-state index contributed by atoms with van der Waals surface area (Å²) in [4.78, 5) is 26.3. The van der Waals surface area contributed by atoms with Crippen LogP contribution in [-0.2, 0) is 24.8 Å². The SMILES string of the molecule is CCCCCCCCCC(=O)NC(CCS(C)(=O)=O)C(=O)NC(CCCCC)c1nnc2cc(C(C)(C)C)[nH]n12. The first kappa shape index (κ1) is 33.8. The van der Waals surface area contributed by atoms with E-state index in [0.29, 0.717) is 24.3 Å². The molecule has 2 aromatic rings. The number of hydrogen-bond acceptors (Lipinski definition) is 6. The molecule has 2 atom stereocenters. The van der Waals surface area contributed by atoms with Gasteiger partial charge in [-0.05, 0) is 19.3 Å². The second kappa shape index (κ2) is 16.1. The van der Waals surface area contributed by atoms with E-state index in [1.54, 1.807) is 0 Å². The highest BCUT2D eigenvalue weighted by Gasteiger charge is 2.28. The Balaban J connectivity index is 2.15. The Kier molecular flexibility index (Phi) is 13.6. The molecule has 2 amide bonds. The number of H-pyrrole nitrogens is 1. The van der Waals surface area contributed by atoms with E-state index in [1.165, 1.54) is 25.7 Å². The van der Waals surface area contributed by atoms with Crippen molar-refractivity contribution in [2.24, 2.45) is 0 Å². The van der Waals surface area contributed by atoms with Gasteiger partial charge in [-0.2, -0.15) is 0 Å². The summed E-state index contributed by atoms with van der Waals surface area (Å²) in [5.74, 6) is -0.234. The number of hydrogen-bond donors (Lipinski definition) is 3. The molecule has 0 aliphatic heterocycles. The van der Waals surface area contributed by atoms with Gasteiger partial charge in [-0.25, -0.2) is 12.9 Å². The number of nitrogens with one attached hydrogen (secondary N) is 3. The lowest BCUT2D eigenvalue weighted by atomic mass is 9.93. The van der Waals surface area contributed by atoms with Gasteiger partial charge in [0.15, 0.2) is 11.5 Å². The smallest absolute Gasteiger partial charge is 0.243 e. The number of rotatable bonds is 19. The number of fused-ring (bicyclic) bond motifs is 1. The largest absolute Gasteiger partial charge is 0.344 e. The average molecular weight is 581 g/mol. The predicted molar refractivity (Wildman–Crippen MR) is 160 cm³/mol. The molecule has 0 radical (unpaired) electrons. The van der Waals surface area contributed by atoms with E-state index in [9.17, 15) is 18.0 Å². The monoisotopic (exact) mass is 580 g/mol. The molecular weight excluding hydrogens is 528 g/mol. The Morgan fingerprint density at radius 3 is 2.17 bits per heavy atom. The summed E-state index contributed by atoms with van der Waals surface area (Å²) in [6.07, 6.45) is 12.6. The molecule has 0 aliphatic rings. The first-order chi connectivity index (χ1) is 18.9. The van der Waals surface area contributed by atoms with Crippen LogP contribution in [0.5, 0.6) is 0 Å². The predicted octanol–water partition coefficient (Wildman–Crippen LogP) is 5.15. The molecule has 2 rings (SSSR count). The van der Waals surface area contributed by atoms with Crippen molar-refractivity contribution in [3.05, 3.63) is 17.6 Å². The molecule has 40 heavy (non-hydrogen) atoms. The van der Waals surface area contributed by atoms with Crippen molar-refractivity contribution >= 4 is 27.3 Å². The molecule has 0 fully saturated rings. The van der Waals surface area contributed by atoms with Gasteiger partial charge in [0.2, 0.25) is 11.8 Å². The molecular formula is C29H52N6O4S. The second-order valence-electron chi connectivity index (χ2n) is 12.1. The van der Waals surface area contributed by atoms with Crippen molar-refractivity contribution in [1.82, 2.24) is 30.4 Å².